The topological polar surface area (TPSA) is 84.6 Å². The van der Waals surface area contributed by atoms with E-state index < -0.39 is 14.3 Å². The van der Waals surface area contributed by atoms with Crippen LogP contribution in [-0.2, 0) is 4.43 Å². The Morgan fingerprint density at radius 2 is 1.60 bits per heavy atom. The molecule has 35 heavy (non-hydrogen) atoms. The quantitative estimate of drug-likeness (QED) is 0.311. The summed E-state index contributed by atoms with van der Waals surface area (Å²) in [6.45, 7) is 9.48. The van der Waals surface area contributed by atoms with Crippen LogP contribution < -0.4 is 15.7 Å². The first-order valence-electron chi connectivity index (χ1n) is 11.9. The number of nitrogens with one attached hydrogen (secondary N) is 1. The van der Waals surface area contributed by atoms with Crippen molar-refractivity contribution in [2.24, 2.45) is 0 Å². The highest BCUT2D eigenvalue weighted by Gasteiger charge is 2.50. The first kappa shape index (κ1) is 24.7. The van der Waals surface area contributed by atoms with Crippen LogP contribution in [0.2, 0.25) is 5.04 Å². The average Bonchev–Trinajstić information content (AvgIpc) is 3.25. The van der Waals surface area contributed by atoms with Gasteiger partial charge in [0, 0.05) is 12.6 Å². The summed E-state index contributed by atoms with van der Waals surface area (Å²) in [7, 11) is -2.62. The van der Waals surface area contributed by atoms with E-state index in [1.54, 1.807) is 12.1 Å². The number of carbonyl (C=O) groups is 1. The number of benzene rings is 3. The fourth-order valence-corrected chi connectivity index (χ4v) is 9.37. The number of aromatic nitrogens is 1. The molecular weight excluding hydrogens is 456 g/mol. The molecule has 0 bridgehead atoms. The summed E-state index contributed by atoms with van der Waals surface area (Å²) in [5.74, 6) is -1.03. The molecule has 0 saturated carbocycles. The lowest BCUT2D eigenvalue weighted by molar-refractivity contribution is 0.0698. The Kier molecular flexibility index (Phi) is 7.09. The van der Waals surface area contributed by atoms with E-state index in [1.165, 1.54) is 16.4 Å². The maximum atomic E-state index is 11.5. The van der Waals surface area contributed by atoms with Gasteiger partial charge in [-0.1, -0.05) is 87.5 Å². The summed E-state index contributed by atoms with van der Waals surface area (Å²) in [5.41, 5.74) is 0.922. The number of rotatable bonds is 9. The van der Waals surface area contributed by atoms with Crippen LogP contribution in [0, 0.1) is 0 Å². The SMILES string of the molecule is CC(CCNc1nc2c(C(=O)O)cccc2o1)O[Si](c1ccccc1)(c1ccccc1)C(C)(C)C. The lowest BCUT2D eigenvalue weighted by Crippen LogP contribution is -2.67. The lowest BCUT2D eigenvalue weighted by atomic mass is 10.2. The zero-order valence-electron chi connectivity index (χ0n) is 20.6. The minimum absolute atomic E-state index is 0.0345. The van der Waals surface area contributed by atoms with Gasteiger partial charge >= 0.3 is 5.97 Å². The highest BCUT2D eigenvalue weighted by molar-refractivity contribution is 6.99. The Morgan fingerprint density at radius 1 is 1.00 bits per heavy atom. The molecule has 3 aromatic carbocycles. The summed E-state index contributed by atoms with van der Waals surface area (Å²) in [5, 5.41) is 15.0. The van der Waals surface area contributed by atoms with E-state index in [-0.39, 0.29) is 16.7 Å². The third-order valence-corrected chi connectivity index (χ3v) is 11.4. The van der Waals surface area contributed by atoms with Crippen LogP contribution in [0.4, 0.5) is 6.01 Å². The molecule has 0 aliphatic heterocycles. The van der Waals surface area contributed by atoms with Gasteiger partial charge in [0.25, 0.3) is 14.3 Å². The summed E-state index contributed by atoms with van der Waals surface area (Å²) in [6, 6.07) is 26.4. The fourth-order valence-electron chi connectivity index (χ4n) is 4.63. The molecule has 0 fully saturated rings. The maximum absolute atomic E-state index is 11.5. The minimum Gasteiger partial charge on any atom is -0.478 e. The van der Waals surface area contributed by atoms with E-state index >= 15 is 0 Å². The second-order valence-electron chi connectivity index (χ2n) is 9.78. The first-order valence-corrected chi connectivity index (χ1v) is 13.8. The predicted octanol–water partition coefficient (Wildman–Crippen LogP) is 5.29. The van der Waals surface area contributed by atoms with E-state index in [1.807, 2.05) is 12.1 Å². The molecule has 4 aromatic rings. The lowest BCUT2D eigenvalue weighted by Gasteiger charge is -2.44. The van der Waals surface area contributed by atoms with Crippen LogP contribution in [0.5, 0.6) is 0 Å². The Bertz CT molecular complexity index is 1240. The van der Waals surface area contributed by atoms with Crippen molar-refractivity contribution in [3.05, 3.63) is 84.4 Å². The van der Waals surface area contributed by atoms with Gasteiger partial charge in [-0.3, -0.25) is 0 Å². The van der Waals surface area contributed by atoms with Crippen LogP contribution in [-0.4, -0.2) is 37.0 Å². The molecule has 4 rings (SSSR count). The van der Waals surface area contributed by atoms with Gasteiger partial charge < -0.3 is 19.3 Å². The molecule has 0 aliphatic carbocycles. The molecule has 1 atom stereocenters. The smallest absolute Gasteiger partial charge is 0.338 e. The van der Waals surface area contributed by atoms with Gasteiger partial charge in [0.05, 0.1) is 5.56 Å². The summed E-state index contributed by atoms with van der Waals surface area (Å²) in [4.78, 5) is 15.8. The molecule has 2 N–H and O–H groups in total. The number of anilines is 1. The largest absolute Gasteiger partial charge is 0.478 e. The Labute approximate surface area is 207 Å². The maximum Gasteiger partial charge on any atom is 0.338 e. The minimum atomic E-state index is -2.62. The van der Waals surface area contributed by atoms with Crippen molar-refractivity contribution in [1.82, 2.24) is 4.98 Å². The molecule has 1 unspecified atom stereocenters. The summed E-state index contributed by atoms with van der Waals surface area (Å²) < 4.78 is 12.8. The number of fused-ring (bicyclic) bond motifs is 1. The highest BCUT2D eigenvalue weighted by Crippen LogP contribution is 2.37. The van der Waals surface area contributed by atoms with E-state index in [2.05, 4.69) is 86.5 Å². The molecular formula is C28H32N2O4Si. The zero-order valence-corrected chi connectivity index (χ0v) is 21.6. The highest BCUT2D eigenvalue weighted by atomic mass is 28.4. The Balaban J connectivity index is 1.54. The zero-order chi connectivity index (χ0) is 25.1. The van der Waals surface area contributed by atoms with Crippen molar-refractivity contribution >= 4 is 41.8 Å². The number of carboxylic acid groups (broad SMARTS) is 1. The second-order valence-corrected chi connectivity index (χ2v) is 14.0. The Morgan fingerprint density at radius 3 is 2.14 bits per heavy atom. The van der Waals surface area contributed by atoms with Gasteiger partial charge in [-0.2, -0.15) is 4.98 Å². The molecule has 1 aromatic heterocycles. The molecule has 7 heteroatoms. The molecule has 6 nitrogen and oxygen atoms in total. The third-order valence-electron chi connectivity index (χ3n) is 6.27. The number of aromatic carboxylic acids is 1. The van der Waals surface area contributed by atoms with E-state index in [4.69, 9.17) is 8.84 Å². The number of oxazole rings is 1. The summed E-state index contributed by atoms with van der Waals surface area (Å²) >= 11 is 0. The van der Waals surface area contributed by atoms with Crippen molar-refractivity contribution in [3.8, 4) is 0 Å². The standard InChI is InChI=1S/C28H32N2O4Si/c1-20(18-19-29-27-30-25-23(26(31)32)16-11-17-24(25)33-27)34-35(28(2,3)4,21-12-7-5-8-13-21)22-14-9-6-10-15-22/h5-17,20H,18-19H2,1-4H3,(H,29,30)(H,31,32). The van der Waals surface area contributed by atoms with Crippen LogP contribution in [0.1, 0.15) is 44.5 Å². The monoisotopic (exact) mass is 488 g/mol. The number of para-hydroxylation sites is 1. The predicted molar refractivity (Wildman–Crippen MR) is 142 cm³/mol. The molecule has 0 radical (unpaired) electrons. The van der Waals surface area contributed by atoms with Gasteiger partial charge in [-0.05, 0) is 40.9 Å². The molecule has 0 amide bonds. The van der Waals surface area contributed by atoms with Crippen molar-refractivity contribution in [1.29, 1.82) is 0 Å². The molecule has 0 aliphatic rings. The van der Waals surface area contributed by atoms with Gasteiger partial charge in [-0.15, -0.1) is 0 Å². The number of carboxylic acids is 1. The van der Waals surface area contributed by atoms with Crippen molar-refractivity contribution < 1.29 is 18.7 Å². The molecule has 182 valence electrons. The Hall–Kier alpha value is -3.42. The number of nitrogens with zero attached hydrogens (tertiary/aromatic N) is 1. The van der Waals surface area contributed by atoms with E-state index in [9.17, 15) is 9.90 Å². The van der Waals surface area contributed by atoms with Gasteiger partial charge in [0.2, 0.25) is 0 Å². The van der Waals surface area contributed by atoms with E-state index in [0.717, 1.165) is 6.42 Å². The first-order chi connectivity index (χ1) is 16.7. The van der Waals surface area contributed by atoms with Gasteiger partial charge in [0.1, 0.15) is 5.52 Å². The van der Waals surface area contributed by atoms with Crippen molar-refractivity contribution in [3.63, 3.8) is 0 Å². The summed E-state index contributed by atoms with van der Waals surface area (Å²) in [6.07, 6.45) is 0.697. The third kappa shape index (κ3) is 5.01. The van der Waals surface area contributed by atoms with Crippen LogP contribution >= 0.6 is 0 Å². The molecule has 0 saturated heterocycles. The van der Waals surface area contributed by atoms with Crippen LogP contribution in [0.3, 0.4) is 0 Å². The normalized spacial score (nSPS) is 13.0. The molecule has 0 spiro atoms. The fraction of sp³-hybridized carbons (Fsp3) is 0.286. The number of hydrogen-bond donors (Lipinski definition) is 2. The van der Waals surface area contributed by atoms with Crippen molar-refractivity contribution in [2.45, 2.75) is 45.3 Å². The second kappa shape index (κ2) is 10.1. The average molecular weight is 489 g/mol. The van der Waals surface area contributed by atoms with Gasteiger partial charge in [0.15, 0.2) is 5.58 Å². The number of hydrogen-bond acceptors (Lipinski definition) is 5. The van der Waals surface area contributed by atoms with Crippen molar-refractivity contribution in [2.75, 3.05) is 11.9 Å². The van der Waals surface area contributed by atoms with Crippen LogP contribution in [0.25, 0.3) is 11.1 Å². The van der Waals surface area contributed by atoms with E-state index in [0.29, 0.717) is 23.7 Å². The van der Waals surface area contributed by atoms with Gasteiger partial charge in [-0.25, -0.2) is 4.79 Å². The van der Waals surface area contributed by atoms with Crippen LogP contribution in [0.15, 0.2) is 83.3 Å². The molecule has 1 heterocycles.